The zero-order chi connectivity index (χ0) is 11.3. The van der Waals surface area contributed by atoms with E-state index in [0.29, 0.717) is 11.3 Å². The van der Waals surface area contributed by atoms with Crippen molar-refractivity contribution in [2.24, 2.45) is 0 Å². The fourth-order valence-electron chi connectivity index (χ4n) is 1.08. The molecule has 0 bridgehead atoms. The first-order chi connectivity index (χ1) is 7.19. The summed E-state index contributed by atoms with van der Waals surface area (Å²) in [6.07, 6.45) is 1.22. The summed E-state index contributed by atoms with van der Waals surface area (Å²) in [5, 5.41) is 19.0. The van der Waals surface area contributed by atoms with Crippen LogP contribution in [0, 0.1) is 11.3 Å². The average Bonchev–Trinajstić information content (AvgIpc) is 2.25. The molecule has 0 saturated carbocycles. The van der Waals surface area contributed by atoms with Crippen molar-refractivity contribution in [2.45, 2.75) is 0 Å². The van der Waals surface area contributed by atoms with E-state index in [-0.39, 0.29) is 18.9 Å². The molecule has 0 aliphatic heterocycles. The zero-order valence-electron chi connectivity index (χ0n) is 9.06. The average molecular weight is 209 g/mol. The monoisotopic (exact) mass is 209 g/mol. The summed E-state index contributed by atoms with van der Waals surface area (Å²) < 4.78 is 5.00. The first kappa shape index (κ1) is 14.3. The Morgan fingerprint density at radius 1 is 1.50 bits per heavy atom. The van der Waals surface area contributed by atoms with Crippen molar-refractivity contribution in [3.63, 3.8) is 0 Å². The summed E-state index contributed by atoms with van der Waals surface area (Å²) in [6.45, 7) is 0. The maximum Gasteiger partial charge on any atom is 1.00 e. The summed E-state index contributed by atoms with van der Waals surface area (Å²) in [5.41, 5.74) is 0.0975. The van der Waals surface area contributed by atoms with E-state index in [1.165, 1.54) is 13.2 Å². The van der Waals surface area contributed by atoms with Gasteiger partial charge in [0.15, 0.2) is 0 Å². The second-order valence-electron chi connectivity index (χ2n) is 2.70. The van der Waals surface area contributed by atoms with Crippen LogP contribution in [0.2, 0.25) is 0 Å². The molecule has 0 N–H and O–H groups in total. The van der Waals surface area contributed by atoms with Crippen molar-refractivity contribution in [1.29, 1.82) is 5.26 Å². The van der Waals surface area contributed by atoms with Gasteiger partial charge in [-0.25, -0.2) is 0 Å². The number of benzene rings is 1. The SMILES string of the molecule is COc1ccccc1/C=C(\C#N)C(=O)[O-].[Li+]. The number of rotatable bonds is 3. The minimum absolute atomic E-state index is 0. The molecule has 1 rings (SSSR count). The topological polar surface area (TPSA) is 73.1 Å². The smallest absolute Gasteiger partial charge is 0.544 e. The Morgan fingerprint density at radius 2 is 2.12 bits per heavy atom. The molecule has 0 aliphatic rings. The van der Waals surface area contributed by atoms with Crippen LogP contribution in [0.3, 0.4) is 0 Å². The molecule has 0 aliphatic carbocycles. The number of carboxylic acid groups (broad SMARTS) is 1. The summed E-state index contributed by atoms with van der Waals surface area (Å²) in [4.78, 5) is 10.5. The van der Waals surface area contributed by atoms with Crippen LogP contribution in [0.5, 0.6) is 5.75 Å². The summed E-state index contributed by atoms with van der Waals surface area (Å²) >= 11 is 0. The van der Waals surface area contributed by atoms with Crippen molar-refractivity contribution >= 4 is 12.0 Å². The van der Waals surface area contributed by atoms with Gasteiger partial charge in [-0.15, -0.1) is 0 Å². The molecule has 0 unspecified atom stereocenters. The molecule has 0 heterocycles. The Kier molecular flexibility index (Phi) is 6.03. The predicted molar refractivity (Wildman–Crippen MR) is 51.6 cm³/mol. The molecule has 1 aromatic carbocycles. The van der Waals surface area contributed by atoms with Gasteiger partial charge in [-0.3, -0.25) is 0 Å². The molecule has 0 amide bonds. The number of methoxy groups -OCH3 is 1. The van der Waals surface area contributed by atoms with Crippen LogP contribution in [0.15, 0.2) is 29.8 Å². The number of ether oxygens (including phenoxy) is 1. The quantitative estimate of drug-likeness (QED) is 0.310. The second kappa shape index (κ2) is 6.74. The Hall–Kier alpha value is -1.68. The largest absolute Gasteiger partial charge is 1.00 e. The van der Waals surface area contributed by atoms with Crippen LogP contribution in [-0.4, -0.2) is 13.1 Å². The third-order valence-electron chi connectivity index (χ3n) is 1.78. The van der Waals surface area contributed by atoms with Gasteiger partial charge in [-0.2, -0.15) is 5.26 Å². The number of aliphatic carboxylic acids is 1. The molecule has 4 nitrogen and oxygen atoms in total. The van der Waals surface area contributed by atoms with Gasteiger partial charge in [0.05, 0.1) is 18.7 Å². The number of carboxylic acids is 1. The number of carbonyl (C=O) groups excluding carboxylic acids is 1. The van der Waals surface area contributed by atoms with Crippen molar-refractivity contribution in [1.82, 2.24) is 0 Å². The number of hydrogen-bond acceptors (Lipinski definition) is 4. The standard InChI is InChI=1S/C11H9NO3.Li/c1-15-10-5-3-2-4-8(10)6-9(7-12)11(13)14;/h2-6H,1H3,(H,13,14);/q;+1/p-1/b9-6+;. The van der Waals surface area contributed by atoms with Crippen LogP contribution in [0.4, 0.5) is 0 Å². The van der Waals surface area contributed by atoms with E-state index in [4.69, 9.17) is 10.00 Å². The molecule has 1 aromatic rings. The molecule has 0 atom stereocenters. The van der Waals surface area contributed by atoms with Crippen molar-refractivity contribution in [3.05, 3.63) is 35.4 Å². The first-order valence-electron chi connectivity index (χ1n) is 4.15. The first-order valence-corrected chi connectivity index (χ1v) is 4.15. The van der Waals surface area contributed by atoms with Gasteiger partial charge in [0.25, 0.3) is 0 Å². The zero-order valence-corrected chi connectivity index (χ0v) is 9.06. The molecule has 76 valence electrons. The summed E-state index contributed by atoms with van der Waals surface area (Å²) in [6, 6.07) is 8.35. The minimum Gasteiger partial charge on any atom is -0.544 e. The van der Waals surface area contributed by atoms with Crippen molar-refractivity contribution in [3.8, 4) is 11.8 Å². The van der Waals surface area contributed by atoms with Gasteiger partial charge in [-0.1, -0.05) is 18.2 Å². The molecule has 16 heavy (non-hydrogen) atoms. The van der Waals surface area contributed by atoms with Crippen LogP contribution in [0.1, 0.15) is 5.56 Å². The molecule has 0 fully saturated rings. The van der Waals surface area contributed by atoms with E-state index >= 15 is 0 Å². The number of hydrogen-bond donors (Lipinski definition) is 0. The number of nitrogens with zero attached hydrogens (tertiary/aromatic N) is 1. The van der Waals surface area contributed by atoms with E-state index in [1.807, 2.05) is 0 Å². The third-order valence-corrected chi connectivity index (χ3v) is 1.78. The molecule has 0 radical (unpaired) electrons. The van der Waals surface area contributed by atoms with Gasteiger partial charge in [-0.05, 0) is 12.1 Å². The van der Waals surface area contributed by atoms with Crippen molar-refractivity contribution in [2.75, 3.05) is 7.11 Å². The molecular formula is C11H8LiNO3. The Labute approximate surface area is 105 Å². The Balaban J connectivity index is 0.00000225. The van der Waals surface area contributed by atoms with Crippen LogP contribution < -0.4 is 28.7 Å². The molecule has 5 heteroatoms. The normalized spacial score (nSPS) is 9.88. The molecule has 0 spiro atoms. The van der Waals surface area contributed by atoms with E-state index in [0.717, 1.165) is 0 Å². The third kappa shape index (κ3) is 3.47. The van der Waals surface area contributed by atoms with Crippen molar-refractivity contribution < 1.29 is 33.5 Å². The van der Waals surface area contributed by atoms with Gasteiger partial charge < -0.3 is 14.6 Å². The minimum atomic E-state index is -1.50. The molecule has 0 aromatic heterocycles. The maximum atomic E-state index is 10.5. The molecular weight excluding hydrogens is 201 g/mol. The van der Waals surface area contributed by atoms with Crippen LogP contribution >= 0.6 is 0 Å². The number of para-hydroxylation sites is 1. The van der Waals surface area contributed by atoms with E-state index < -0.39 is 11.5 Å². The van der Waals surface area contributed by atoms with Gasteiger partial charge in [0.1, 0.15) is 11.8 Å². The molecule has 0 saturated heterocycles. The number of carbonyl (C=O) groups is 1. The summed E-state index contributed by atoms with van der Waals surface area (Å²) in [5.74, 6) is -0.991. The Bertz CT molecular complexity index is 449. The van der Waals surface area contributed by atoms with Gasteiger partial charge in [0, 0.05) is 5.56 Å². The van der Waals surface area contributed by atoms with E-state index in [2.05, 4.69) is 0 Å². The van der Waals surface area contributed by atoms with Crippen LogP contribution in [-0.2, 0) is 4.79 Å². The fourth-order valence-corrected chi connectivity index (χ4v) is 1.08. The maximum absolute atomic E-state index is 10.5. The summed E-state index contributed by atoms with van der Waals surface area (Å²) in [7, 11) is 1.47. The second-order valence-corrected chi connectivity index (χ2v) is 2.70. The van der Waals surface area contributed by atoms with Crippen LogP contribution in [0.25, 0.3) is 6.08 Å². The predicted octanol–water partition coefficient (Wildman–Crippen LogP) is -2.64. The fraction of sp³-hybridized carbons (Fsp3) is 0.0909. The van der Waals surface area contributed by atoms with E-state index in [1.54, 1.807) is 30.3 Å². The Morgan fingerprint density at radius 3 is 2.62 bits per heavy atom. The van der Waals surface area contributed by atoms with Gasteiger partial charge >= 0.3 is 18.9 Å². The number of nitriles is 1. The van der Waals surface area contributed by atoms with E-state index in [9.17, 15) is 9.90 Å². The van der Waals surface area contributed by atoms with Gasteiger partial charge in [0.2, 0.25) is 0 Å².